The lowest BCUT2D eigenvalue weighted by Crippen LogP contribution is -2.08. The molecule has 0 saturated heterocycles. The number of carbonyl (C=O) groups excluding carboxylic acids is 2. The van der Waals surface area contributed by atoms with E-state index in [-0.39, 0.29) is 5.78 Å². The first kappa shape index (κ1) is 14.2. The Morgan fingerprint density at radius 3 is 2.33 bits per heavy atom. The Hall–Kier alpha value is -1.90. The summed E-state index contributed by atoms with van der Waals surface area (Å²) in [6, 6.07) is 8.74. The number of rotatable bonds is 5. The van der Waals surface area contributed by atoms with E-state index in [4.69, 9.17) is 4.74 Å². The van der Waals surface area contributed by atoms with Gasteiger partial charge in [-0.25, -0.2) is 4.79 Å². The minimum absolute atomic E-state index is 0.119. The zero-order valence-electron chi connectivity index (χ0n) is 11.0. The third-order valence-electron chi connectivity index (χ3n) is 2.21. The fourth-order valence-electron chi connectivity index (χ4n) is 1.51. The van der Waals surface area contributed by atoms with Gasteiger partial charge in [-0.1, -0.05) is 32.0 Å². The van der Waals surface area contributed by atoms with Crippen LogP contribution in [-0.2, 0) is 9.53 Å². The molecule has 0 aliphatic rings. The Bertz CT molecular complexity index is 444. The van der Waals surface area contributed by atoms with Crippen LogP contribution in [0.15, 0.2) is 42.2 Å². The van der Waals surface area contributed by atoms with Crippen LogP contribution in [0.25, 0.3) is 0 Å². The highest BCUT2D eigenvalue weighted by molar-refractivity contribution is 5.91. The molecule has 1 aromatic carbocycles. The molecule has 96 valence electrons. The van der Waals surface area contributed by atoms with E-state index < -0.39 is 5.97 Å². The molecule has 1 aromatic rings. The summed E-state index contributed by atoms with van der Waals surface area (Å²) in [4.78, 5) is 22.9. The molecular weight excluding hydrogens is 228 g/mol. The molecule has 0 atom stereocenters. The molecule has 18 heavy (non-hydrogen) atoms. The summed E-state index contributed by atoms with van der Waals surface area (Å²) in [5, 5.41) is 0. The van der Waals surface area contributed by atoms with Crippen molar-refractivity contribution >= 4 is 11.8 Å². The summed E-state index contributed by atoms with van der Waals surface area (Å²) in [7, 11) is 0. The number of ether oxygens (including phenoxy) is 1. The first-order valence-corrected chi connectivity index (χ1v) is 5.97. The molecule has 0 aliphatic carbocycles. The third kappa shape index (κ3) is 4.95. The number of hydrogen-bond donors (Lipinski definition) is 0. The van der Waals surface area contributed by atoms with E-state index in [1.807, 2.05) is 19.9 Å². The highest BCUT2D eigenvalue weighted by Gasteiger charge is 2.11. The average molecular weight is 246 g/mol. The number of esters is 1. The molecular formula is C15H18O3. The van der Waals surface area contributed by atoms with Gasteiger partial charge >= 0.3 is 5.97 Å². The first-order chi connectivity index (χ1) is 8.49. The zero-order chi connectivity index (χ0) is 13.5. The van der Waals surface area contributed by atoms with Crippen molar-refractivity contribution in [3.63, 3.8) is 0 Å². The van der Waals surface area contributed by atoms with Gasteiger partial charge in [0, 0.05) is 12.5 Å². The van der Waals surface area contributed by atoms with Gasteiger partial charge in [-0.15, -0.1) is 0 Å². The van der Waals surface area contributed by atoms with Crippen LogP contribution in [0.3, 0.4) is 0 Å². The first-order valence-electron chi connectivity index (χ1n) is 5.97. The molecule has 0 N–H and O–H groups in total. The van der Waals surface area contributed by atoms with Crippen LogP contribution < -0.4 is 0 Å². The number of benzene rings is 1. The van der Waals surface area contributed by atoms with Crippen LogP contribution >= 0.6 is 0 Å². The molecule has 3 heteroatoms. The molecule has 0 bridgehead atoms. The Morgan fingerprint density at radius 1 is 1.22 bits per heavy atom. The lowest BCUT2D eigenvalue weighted by atomic mass is 10.1. The number of hydrogen-bond acceptors (Lipinski definition) is 3. The lowest BCUT2D eigenvalue weighted by Gasteiger charge is -2.10. The summed E-state index contributed by atoms with van der Waals surface area (Å²) in [5.41, 5.74) is 0.482. The molecule has 0 aliphatic heterocycles. The van der Waals surface area contributed by atoms with Gasteiger partial charge in [-0.2, -0.15) is 0 Å². The molecule has 0 unspecified atom stereocenters. The smallest absolute Gasteiger partial charge is 0.343 e. The van der Waals surface area contributed by atoms with Crippen LogP contribution in [0.4, 0.5) is 0 Å². The quantitative estimate of drug-likeness (QED) is 0.454. The van der Waals surface area contributed by atoms with Crippen molar-refractivity contribution < 1.29 is 14.3 Å². The second-order valence-corrected chi connectivity index (χ2v) is 4.57. The molecule has 0 radical (unpaired) electrons. The van der Waals surface area contributed by atoms with Crippen LogP contribution in [0.5, 0.6) is 0 Å². The molecule has 0 fully saturated rings. The molecule has 0 heterocycles. The highest BCUT2D eigenvalue weighted by atomic mass is 16.5. The van der Waals surface area contributed by atoms with Crippen molar-refractivity contribution in [3.8, 4) is 0 Å². The van der Waals surface area contributed by atoms with E-state index in [1.165, 1.54) is 13.0 Å². The summed E-state index contributed by atoms with van der Waals surface area (Å²) in [5.74, 6) is 0.195. The van der Waals surface area contributed by atoms with Gasteiger partial charge in [0.1, 0.15) is 5.76 Å². The van der Waals surface area contributed by atoms with Gasteiger partial charge < -0.3 is 4.74 Å². The summed E-state index contributed by atoms with van der Waals surface area (Å²) in [6.45, 7) is 5.45. The topological polar surface area (TPSA) is 43.4 Å². The minimum atomic E-state index is -0.427. The minimum Gasteiger partial charge on any atom is -0.427 e. The predicted octanol–water partition coefficient (Wildman–Crippen LogP) is 3.36. The van der Waals surface area contributed by atoms with Crippen molar-refractivity contribution in [1.82, 2.24) is 0 Å². The highest BCUT2D eigenvalue weighted by Crippen LogP contribution is 2.14. The number of ketones is 1. The van der Waals surface area contributed by atoms with E-state index in [1.54, 1.807) is 24.3 Å². The Balaban J connectivity index is 2.78. The van der Waals surface area contributed by atoms with Crippen LogP contribution in [0.2, 0.25) is 0 Å². The maximum absolute atomic E-state index is 11.8. The Labute approximate surface area is 107 Å². The SMILES string of the molecule is CC(=O)/C=C(/CC(C)C)OC(=O)c1ccccc1. The monoisotopic (exact) mass is 246 g/mol. The maximum Gasteiger partial charge on any atom is 0.343 e. The van der Waals surface area contributed by atoms with Crippen LogP contribution in [0.1, 0.15) is 37.6 Å². The van der Waals surface area contributed by atoms with Crippen LogP contribution in [0, 0.1) is 5.92 Å². The average Bonchev–Trinajstić information content (AvgIpc) is 2.28. The molecule has 0 aromatic heterocycles. The zero-order valence-corrected chi connectivity index (χ0v) is 11.0. The molecule has 0 spiro atoms. The van der Waals surface area contributed by atoms with E-state index >= 15 is 0 Å². The van der Waals surface area contributed by atoms with E-state index in [2.05, 4.69) is 0 Å². The van der Waals surface area contributed by atoms with Gasteiger partial charge in [0.05, 0.1) is 5.56 Å². The van der Waals surface area contributed by atoms with Crippen LogP contribution in [-0.4, -0.2) is 11.8 Å². The third-order valence-corrected chi connectivity index (χ3v) is 2.21. The number of allylic oxidation sites excluding steroid dienone is 2. The Morgan fingerprint density at radius 2 is 1.83 bits per heavy atom. The van der Waals surface area contributed by atoms with Gasteiger partial charge in [-0.3, -0.25) is 4.79 Å². The summed E-state index contributed by atoms with van der Waals surface area (Å²) < 4.78 is 5.26. The fourth-order valence-corrected chi connectivity index (χ4v) is 1.51. The molecule has 3 nitrogen and oxygen atoms in total. The largest absolute Gasteiger partial charge is 0.427 e. The summed E-state index contributed by atoms with van der Waals surface area (Å²) >= 11 is 0. The molecule has 0 saturated carbocycles. The molecule has 0 amide bonds. The van der Waals surface area contributed by atoms with Gasteiger partial charge in [0.15, 0.2) is 5.78 Å². The molecule has 1 rings (SSSR count). The van der Waals surface area contributed by atoms with Crippen molar-refractivity contribution in [1.29, 1.82) is 0 Å². The standard InChI is InChI=1S/C15H18O3/c1-11(2)9-14(10-12(3)16)18-15(17)13-7-5-4-6-8-13/h4-8,10-11H,9H2,1-3H3/b14-10-. The van der Waals surface area contributed by atoms with Gasteiger partial charge in [0.2, 0.25) is 0 Å². The lowest BCUT2D eigenvalue weighted by molar-refractivity contribution is -0.112. The van der Waals surface area contributed by atoms with Crippen molar-refractivity contribution in [3.05, 3.63) is 47.7 Å². The fraction of sp³-hybridized carbons (Fsp3) is 0.333. The van der Waals surface area contributed by atoms with E-state index in [9.17, 15) is 9.59 Å². The Kier molecular flexibility index (Phi) is 5.31. The second kappa shape index (κ2) is 6.74. The summed E-state index contributed by atoms with van der Waals surface area (Å²) in [6.07, 6.45) is 1.94. The van der Waals surface area contributed by atoms with E-state index in [0.717, 1.165) is 0 Å². The number of carbonyl (C=O) groups is 2. The maximum atomic E-state index is 11.8. The normalized spacial score (nSPS) is 11.4. The van der Waals surface area contributed by atoms with Gasteiger partial charge in [0.25, 0.3) is 0 Å². The van der Waals surface area contributed by atoms with Crippen molar-refractivity contribution in [2.24, 2.45) is 5.92 Å². The van der Waals surface area contributed by atoms with Crippen molar-refractivity contribution in [2.45, 2.75) is 27.2 Å². The van der Waals surface area contributed by atoms with E-state index in [0.29, 0.717) is 23.7 Å². The van der Waals surface area contributed by atoms with Crippen molar-refractivity contribution in [2.75, 3.05) is 0 Å². The predicted molar refractivity (Wildman–Crippen MR) is 70.1 cm³/mol. The second-order valence-electron chi connectivity index (χ2n) is 4.57. The van der Waals surface area contributed by atoms with Gasteiger partial charge in [-0.05, 0) is 25.0 Å².